The molecule has 5 heteroatoms. The zero-order valence-electron chi connectivity index (χ0n) is 20.3. The molecule has 1 heterocycles. The Bertz CT molecular complexity index is 1360. The normalized spacial score (nSPS) is 15.9. The largest absolute Gasteiger partial charge is 0.485 e. The summed E-state index contributed by atoms with van der Waals surface area (Å²) in [6.07, 6.45) is -0.0646. The van der Waals surface area contributed by atoms with E-state index in [0.717, 1.165) is 22.7 Å². The van der Waals surface area contributed by atoms with Crippen molar-refractivity contribution in [2.75, 3.05) is 25.1 Å². The van der Waals surface area contributed by atoms with Crippen LogP contribution in [0.4, 0.5) is 11.4 Å². The van der Waals surface area contributed by atoms with Crippen LogP contribution in [-0.2, 0) is 4.74 Å². The lowest BCUT2D eigenvalue weighted by atomic mass is 9.99. The fourth-order valence-electron chi connectivity index (χ4n) is 4.80. The molecule has 0 aromatic heterocycles. The van der Waals surface area contributed by atoms with Gasteiger partial charge >= 0.3 is 5.97 Å². The van der Waals surface area contributed by atoms with E-state index < -0.39 is 0 Å². The number of para-hydroxylation sites is 2. The summed E-state index contributed by atoms with van der Waals surface area (Å²) < 4.78 is 11.4. The van der Waals surface area contributed by atoms with Crippen molar-refractivity contribution in [2.45, 2.75) is 26.0 Å². The second-order valence-electron chi connectivity index (χ2n) is 9.01. The lowest BCUT2D eigenvalue weighted by Gasteiger charge is -2.37. The molecule has 0 spiro atoms. The van der Waals surface area contributed by atoms with Crippen molar-refractivity contribution in [1.82, 2.24) is 5.32 Å². The number of hydrogen-bond donors (Lipinski definition) is 1. The maximum absolute atomic E-state index is 12.3. The zero-order valence-corrected chi connectivity index (χ0v) is 20.3. The fourth-order valence-corrected chi connectivity index (χ4v) is 4.80. The number of esters is 1. The molecule has 0 aliphatic carbocycles. The number of hydrogen-bond acceptors (Lipinski definition) is 5. The average Bonchev–Trinajstić information content (AvgIpc) is 2.90. The summed E-state index contributed by atoms with van der Waals surface area (Å²) >= 11 is 0. The van der Waals surface area contributed by atoms with Crippen LogP contribution < -0.4 is 15.0 Å². The Morgan fingerprint density at radius 2 is 1.83 bits per heavy atom. The minimum Gasteiger partial charge on any atom is -0.485 e. The van der Waals surface area contributed by atoms with Crippen molar-refractivity contribution in [3.63, 3.8) is 0 Å². The van der Waals surface area contributed by atoms with Gasteiger partial charge in [-0.15, -0.1) is 0 Å². The third kappa shape index (κ3) is 4.60. The van der Waals surface area contributed by atoms with E-state index in [4.69, 9.17) is 9.47 Å². The summed E-state index contributed by atoms with van der Waals surface area (Å²) in [5.74, 6) is 0.511. The van der Waals surface area contributed by atoms with Crippen molar-refractivity contribution < 1.29 is 14.3 Å². The topological polar surface area (TPSA) is 50.8 Å². The van der Waals surface area contributed by atoms with Gasteiger partial charge in [-0.05, 0) is 60.0 Å². The number of carbonyl (C=O) groups is 1. The number of anilines is 2. The van der Waals surface area contributed by atoms with Gasteiger partial charge in [-0.3, -0.25) is 0 Å². The highest BCUT2D eigenvalue weighted by molar-refractivity contribution is 5.92. The standard InChI is InChI=1S/C30H30N2O3/c1-20-15-16-23(17-27(20)30(33)34-3)32-19-24(35-29-14-7-6-13-28(29)32)18-31-21(2)25-12-8-10-22-9-4-5-11-26(22)25/h4-17,21,24,31H,18-19H2,1-3H3/t21-,24?/m1/s1. The Morgan fingerprint density at radius 3 is 2.69 bits per heavy atom. The van der Waals surface area contributed by atoms with Crippen LogP contribution in [0.1, 0.15) is 34.5 Å². The molecule has 0 saturated heterocycles. The number of methoxy groups -OCH3 is 1. The Hall–Kier alpha value is -3.83. The summed E-state index contributed by atoms with van der Waals surface area (Å²) in [5.41, 5.74) is 4.68. The summed E-state index contributed by atoms with van der Waals surface area (Å²) in [7, 11) is 1.41. The predicted octanol–water partition coefficient (Wildman–Crippen LogP) is 6.18. The van der Waals surface area contributed by atoms with Crippen molar-refractivity contribution in [3.05, 3.63) is 102 Å². The first-order valence-electron chi connectivity index (χ1n) is 12.0. The van der Waals surface area contributed by atoms with E-state index >= 15 is 0 Å². The van der Waals surface area contributed by atoms with Crippen LogP contribution in [0, 0.1) is 6.92 Å². The Kier molecular flexibility index (Phi) is 6.43. The van der Waals surface area contributed by atoms with Crippen molar-refractivity contribution in [3.8, 4) is 5.75 Å². The van der Waals surface area contributed by atoms with E-state index in [2.05, 4.69) is 65.7 Å². The van der Waals surface area contributed by atoms with Gasteiger partial charge in [0.25, 0.3) is 0 Å². The van der Waals surface area contributed by atoms with Gasteiger partial charge in [-0.25, -0.2) is 4.79 Å². The molecule has 4 aromatic rings. The Balaban J connectivity index is 1.39. The maximum atomic E-state index is 12.3. The number of rotatable bonds is 6. The molecule has 0 saturated carbocycles. The van der Waals surface area contributed by atoms with Gasteiger partial charge < -0.3 is 19.7 Å². The number of nitrogens with zero attached hydrogens (tertiary/aromatic N) is 1. The molecule has 1 aliphatic rings. The highest BCUT2D eigenvalue weighted by Crippen LogP contribution is 2.38. The van der Waals surface area contributed by atoms with Gasteiger partial charge in [-0.2, -0.15) is 0 Å². The second-order valence-corrected chi connectivity index (χ2v) is 9.01. The molecule has 35 heavy (non-hydrogen) atoms. The van der Waals surface area contributed by atoms with Crippen LogP contribution in [0.25, 0.3) is 10.8 Å². The lowest BCUT2D eigenvalue weighted by molar-refractivity contribution is 0.0600. The molecular formula is C30H30N2O3. The van der Waals surface area contributed by atoms with Crippen LogP contribution >= 0.6 is 0 Å². The Labute approximate surface area is 206 Å². The average molecular weight is 467 g/mol. The number of ether oxygens (including phenoxy) is 2. The molecule has 1 N–H and O–H groups in total. The molecule has 0 radical (unpaired) electrons. The van der Waals surface area contributed by atoms with Crippen LogP contribution in [0.3, 0.4) is 0 Å². The smallest absolute Gasteiger partial charge is 0.338 e. The van der Waals surface area contributed by atoms with Crippen molar-refractivity contribution in [2.24, 2.45) is 0 Å². The minimum atomic E-state index is -0.326. The highest BCUT2D eigenvalue weighted by atomic mass is 16.5. The fraction of sp³-hybridized carbons (Fsp3) is 0.233. The molecule has 0 bridgehead atoms. The summed E-state index contributed by atoms with van der Waals surface area (Å²) in [4.78, 5) is 14.5. The van der Waals surface area contributed by atoms with Crippen LogP contribution in [0.5, 0.6) is 5.75 Å². The molecule has 1 unspecified atom stereocenters. The number of fused-ring (bicyclic) bond motifs is 2. The van der Waals surface area contributed by atoms with Crippen LogP contribution in [0.2, 0.25) is 0 Å². The first kappa shape index (κ1) is 22.9. The summed E-state index contributed by atoms with van der Waals surface area (Å²) in [6.45, 7) is 5.46. The van der Waals surface area contributed by atoms with Crippen LogP contribution in [-0.4, -0.2) is 32.3 Å². The number of nitrogens with one attached hydrogen (secondary N) is 1. The first-order valence-corrected chi connectivity index (χ1v) is 12.0. The zero-order chi connectivity index (χ0) is 24.4. The first-order chi connectivity index (χ1) is 17.0. The van der Waals surface area contributed by atoms with Gasteiger partial charge in [0.15, 0.2) is 0 Å². The highest BCUT2D eigenvalue weighted by Gasteiger charge is 2.28. The van der Waals surface area contributed by atoms with E-state index in [1.807, 2.05) is 43.3 Å². The summed E-state index contributed by atoms with van der Waals surface area (Å²) in [6, 6.07) is 29.1. The molecule has 5 rings (SSSR count). The maximum Gasteiger partial charge on any atom is 0.338 e. The van der Waals surface area contributed by atoms with Crippen molar-refractivity contribution in [1.29, 1.82) is 0 Å². The van der Waals surface area contributed by atoms with E-state index in [1.54, 1.807) is 0 Å². The van der Waals surface area contributed by atoms with Crippen LogP contribution in [0.15, 0.2) is 84.9 Å². The monoisotopic (exact) mass is 466 g/mol. The van der Waals surface area contributed by atoms with Gasteiger partial charge in [0.2, 0.25) is 0 Å². The number of benzene rings is 4. The Morgan fingerprint density at radius 1 is 1.06 bits per heavy atom. The third-order valence-corrected chi connectivity index (χ3v) is 6.72. The lowest BCUT2D eigenvalue weighted by Crippen LogP contribution is -2.44. The van der Waals surface area contributed by atoms with Crippen molar-refractivity contribution >= 4 is 28.1 Å². The van der Waals surface area contributed by atoms with E-state index in [1.165, 1.54) is 23.4 Å². The molecule has 0 fully saturated rings. The second kappa shape index (κ2) is 9.80. The van der Waals surface area contributed by atoms with E-state index in [9.17, 15) is 4.79 Å². The molecule has 5 nitrogen and oxygen atoms in total. The third-order valence-electron chi connectivity index (χ3n) is 6.72. The number of carbonyl (C=O) groups excluding carboxylic acids is 1. The minimum absolute atomic E-state index is 0.0646. The van der Waals surface area contributed by atoms with Gasteiger partial charge in [0.05, 0.1) is 24.9 Å². The predicted molar refractivity (Wildman–Crippen MR) is 141 cm³/mol. The molecule has 2 atom stereocenters. The molecule has 4 aromatic carbocycles. The van der Waals surface area contributed by atoms with E-state index in [-0.39, 0.29) is 18.1 Å². The number of aryl methyl sites for hydroxylation is 1. The summed E-state index contributed by atoms with van der Waals surface area (Å²) in [5, 5.41) is 6.19. The SMILES string of the molecule is COC(=O)c1cc(N2CC(CN[C@H](C)c3cccc4ccccc34)Oc3ccccc32)ccc1C. The van der Waals surface area contributed by atoms with E-state index in [0.29, 0.717) is 18.7 Å². The van der Waals surface area contributed by atoms with Gasteiger partial charge in [0.1, 0.15) is 11.9 Å². The molecule has 0 amide bonds. The quantitative estimate of drug-likeness (QED) is 0.344. The van der Waals surface area contributed by atoms with Gasteiger partial charge in [0, 0.05) is 18.3 Å². The molecular weight excluding hydrogens is 436 g/mol. The molecule has 178 valence electrons. The van der Waals surface area contributed by atoms with Gasteiger partial charge in [-0.1, -0.05) is 60.7 Å². The molecule has 1 aliphatic heterocycles.